The van der Waals surface area contributed by atoms with E-state index in [2.05, 4.69) is 39.7 Å². The van der Waals surface area contributed by atoms with Crippen molar-refractivity contribution >= 4 is 21.9 Å². The molecular formula is C10H14BrN3O. The van der Waals surface area contributed by atoms with Crippen LogP contribution in [0.15, 0.2) is 26.2 Å². The summed E-state index contributed by atoms with van der Waals surface area (Å²) in [5.74, 6) is 1.48. The van der Waals surface area contributed by atoms with Gasteiger partial charge in [-0.1, -0.05) is 0 Å². The van der Waals surface area contributed by atoms with Crippen molar-refractivity contribution in [3.8, 4) is 0 Å². The van der Waals surface area contributed by atoms with Gasteiger partial charge in [-0.2, -0.15) is 0 Å². The fourth-order valence-corrected chi connectivity index (χ4v) is 2.29. The number of likely N-dealkylation sites (N-methyl/N-ethyl adjacent to an activating group) is 1. The van der Waals surface area contributed by atoms with E-state index < -0.39 is 0 Å². The fraction of sp³-hybridized carbons (Fsp3) is 0.500. The number of nitrogens with two attached hydrogens (primary N) is 1. The van der Waals surface area contributed by atoms with Gasteiger partial charge in [0.25, 0.3) is 0 Å². The van der Waals surface area contributed by atoms with Crippen LogP contribution < -0.4 is 5.73 Å². The number of furan rings is 1. The van der Waals surface area contributed by atoms with Gasteiger partial charge in [-0.25, -0.2) is 0 Å². The Morgan fingerprint density at radius 1 is 1.67 bits per heavy atom. The molecule has 82 valence electrons. The third-order valence-corrected chi connectivity index (χ3v) is 3.27. The van der Waals surface area contributed by atoms with Crippen molar-refractivity contribution in [2.45, 2.75) is 19.4 Å². The van der Waals surface area contributed by atoms with Crippen LogP contribution in [0.4, 0.5) is 0 Å². The molecule has 2 rings (SSSR count). The molecule has 0 bridgehead atoms. The van der Waals surface area contributed by atoms with Gasteiger partial charge in [-0.15, -0.1) is 0 Å². The van der Waals surface area contributed by atoms with E-state index in [1.165, 1.54) is 0 Å². The molecule has 0 spiro atoms. The topological polar surface area (TPSA) is 54.8 Å². The Hall–Kier alpha value is -0.970. The van der Waals surface area contributed by atoms with Gasteiger partial charge >= 0.3 is 0 Å². The molecule has 0 amide bonds. The molecule has 1 aromatic rings. The normalized spacial score (nSPS) is 25.8. The van der Waals surface area contributed by atoms with E-state index in [-0.39, 0.29) is 5.54 Å². The van der Waals surface area contributed by atoms with E-state index in [0.29, 0.717) is 12.5 Å². The molecule has 4 nitrogen and oxygen atoms in total. The molecule has 1 aromatic heterocycles. The van der Waals surface area contributed by atoms with Gasteiger partial charge in [-0.3, -0.25) is 4.99 Å². The lowest BCUT2D eigenvalue weighted by Crippen LogP contribution is -2.46. The van der Waals surface area contributed by atoms with Gasteiger partial charge < -0.3 is 15.1 Å². The highest BCUT2D eigenvalue weighted by atomic mass is 79.9. The second kappa shape index (κ2) is 3.56. The van der Waals surface area contributed by atoms with Crippen LogP contribution in [0.5, 0.6) is 0 Å². The first-order chi connectivity index (χ1) is 7.08. The van der Waals surface area contributed by atoms with E-state index >= 15 is 0 Å². The van der Waals surface area contributed by atoms with Crippen LogP contribution in [0.25, 0.3) is 0 Å². The lowest BCUT2D eigenvalue weighted by Gasteiger charge is -2.33. The molecule has 1 atom stereocenters. The van der Waals surface area contributed by atoms with Crippen LogP contribution in [0.2, 0.25) is 0 Å². The van der Waals surface area contributed by atoms with Gasteiger partial charge in [0, 0.05) is 6.54 Å². The maximum Gasteiger partial charge on any atom is 0.192 e. The van der Waals surface area contributed by atoms with Crippen molar-refractivity contribution in [1.82, 2.24) is 4.90 Å². The van der Waals surface area contributed by atoms with Crippen molar-refractivity contribution in [2.75, 3.05) is 13.1 Å². The minimum absolute atomic E-state index is 0.245. The van der Waals surface area contributed by atoms with Gasteiger partial charge in [0.1, 0.15) is 11.3 Å². The molecule has 0 aliphatic carbocycles. The second-order valence-electron chi connectivity index (χ2n) is 3.80. The van der Waals surface area contributed by atoms with E-state index in [1.807, 2.05) is 12.1 Å². The number of nitrogens with zero attached hydrogens (tertiary/aromatic N) is 2. The van der Waals surface area contributed by atoms with Gasteiger partial charge in [0.05, 0.1) is 6.54 Å². The number of hydrogen-bond donors (Lipinski definition) is 1. The Balaban J connectivity index is 2.36. The summed E-state index contributed by atoms with van der Waals surface area (Å²) in [4.78, 5) is 6.33. The molecule has 1 unspecified atom stereocenters. The molecule has 1 aliphatic heterocycles. The Morgan fingerprint density at radius 3 is 2.93 bits per heavy atom. The summed E-state index contributed by atoms with van der Waals surface area (Å²) in [5, 5.41) is 0. The number of guanidine groups is 1. The lowest BCUT2D eigenvalue weighted by molar-refractivity contribution is 0.192. The molecule has 5 heteroatoms. The number of rotatable bonds is 2. The first-order valence-corrected chi connectivity index (χ1v) is 5.70. The highest BCUT2D eigenvalue weighted by molar-refractivity contribution is 9.10. The predicted molar refractivity (Wildman–Crippen MR) is 62.6 cm³/mol. The Labute approximate surface area is 97.3 Å². The van der Waals surface area contributed by atoms with E-state index in [4.69, 9.17) is 10.2 Å². The SMILES string of the molecule is CCN1C(N)=NCC1(C)c1ccc(Br)o1. The van der Waals surface area contributed by atoms with Crippen LogP contribution in [0.1, 0.15) is 19.6 Å². The van der Waals surface area contributed by atoms with Gasteiger partial charge in [0.15, 0.2) is 10.6 Å². The molecule has 0 saturated heterocycles. The number of aliphatic imine (C=N–C) groups is 1. The molecule has 0 saturated carbocycles. The molecule has 0 aromatic carbocycles. The Morgan fingerprint density at radius 2 is 2.40 bits per heavy atom. The Kier molecular flexibility index (Phi) is 2.50. The molecule has 1 aliphatic rings. The highest BCUT2D eigenvalue weighted by Gasteiger charge is 2.41. The largest absolute Gasteiger partial charge is 0.452 e. The summed E-state index contributed by atoms with van der Waals surface area (Å²) in [6, 6.07) is 3.85. The van der Waals surface area contributed by atoms with Crippen LogP contribution >= 0.6 is 15.9 Å². The summed E-state index contributed by atoms with van der Waals surface area (Å²) < 4.78 is 6.33. The maximum absolute atomic E-state index is 5.83. The summed E-state index contributed by atoms with van der Waals surface area (Å²) in [6.45, 7) is 5.62. The quantitative estimate of drug-likeness (QED) is 0.894. The van der Waals surface area contributed by atoms with Crippen LogP contribution in [0.3, 0.4) is 0 Å². The standard InChI is InChI=1S/C10H14BrN3O/c1-3-14-9(12)13-6-10(14,2)7-4-5-8(11)15-7/h4-5H,3,6H2,1-2H3,(H2,12,13). The summed E-state index contributed by atoms with van der Waals surface area (Å²) >= 11 is 3.31. The third-order valence-electron chi connectivity index (χ3n) is 2.84. The van der Waals surface area contributed by atoms with E-state index in [9.17, 15) is 0 Å². The molecule has 2 N–H and O–H groups in total. The molecule has 0 fully saturated rings. The molecular weight excluding hydrogens is 258 g/mol. The highest BCUT2D eigenvalue weighted by Crippen LogP contribution is 2.34. The summed E-state index contributed by atoms with van der Waals surface area (Å²) in [7, 11) is 0. The maximum atomic E-state index is 5.83. The van der Waals surface area contributed by atoms with Crippen LogP contribution in [-0.4, -0.2) is 23.9 Å². The van der Waals surface area contributed by atoms with Crippen molar-refractivity contribution in [2.24, 2.45) is 10.7 Å². The lowest BCUT2D eigenvalue weighted by atomic mass is 9.98. The predicted octanol–water partition coefficient (Wildman–Crippen LogP) is 1.91. The smallest absolute Gasteiger partial charge is 0.192 e. The van der Waals surface area contributed by atoms with Crippen molar-refractivity contribution < 1.29 is 4.42 Å². The summed E-state index contributed by atoms with van der Waals surface area (Å²) in [6.07, 6.45) is 0. The molecule has 0 radical (unpaired) electrons. The number of hydrogen-bond acceptors (Lipinski definition) is 4. The first-order valence-electron chi connectivity index (χ1n) is 4.91. The molecule has 2 heterocycles. The summed E-state index contributed by atoms with van der Waals surface area (Å²) in [5.41, 5.74) is 5.59. The average Bonchev–Trinajstić information content (AvgIpc) is 2.73. The van der Waals surface area contributed by atoms with Gasteiger partial charge in [-0.05, 0) is 41.9 Å². The van der Waals surface area contributed by atoms with E-state index in [0.717, 1.165) is 17.0 Å². The minimum atomic E-state index is -0.245. The minimum Gasteiger partial charge on any atom is -0.452 e. The Bertz CT molecular complexity index is 401. The zero-order valence-corrected chi connectivity index (χ0v) is 10.4. The number of halogens is 1. The van der Waals surface area contributed by atoms with Crippen molar-refractivity contribution in [1.29, 1.82) is 0 Å². The average molecular weight is 272 g/mol. The molecule has 15 heavy (non-hydrogen) atoms. The van der Waals surface area contributed by atoms with Crippen molar-refractivity contribution in [3.63, 3.8) is 0 Å². The zero-order chi connectivity index (χ0) is 11.1. The fourth-order valence-electron chi connectivity index (χ4n) is 1.98. The van der Waals surface area contributed by atoms with Crippen molar-refractivity contribution in [3.05, 3.63) is 22.6 Å². The zero-order valence-electron chi connectivity index (χ0n) is 8.83. The van der Waals surface area contributed by atoms with Gasteiger partial charge in [0.2, 0.25) is 0 Å². The third kappa shape index (κ3) is 1.55. The van der Waals surface area contributed by atoms with Crippen LogP contribution in [-0.2, 0) is 5.54 Å². The monoisotopic (exact) mass is 271 g/mol. The van der Waals surface area contributed by atoms with E-state index in [1.54, 1.807) is 0 Å². The first kappa shape index (κ1) is 10.5. The van der Waals surface area contributed by atoms with Crippen LogP contribution in [0, 0.1) is 0 Å². The second-order valence-corrected chi connectivity index (χ2v) is 4.58.